The Balaban J connectivity index is 1.35. The number of carbonyl (C=O) groups excluding carboxylic acids is 1. The highest BCUT2D eigenvalue weighted by atomic mass is 35.5. The molecule has 31 heavy (non-hydrogen) atoms. The Morgan fingerprint density at radius 3 is 2.77 bits per heavy atom. The zero-order valence-corrected chi connectivity index (χ0v) is 18.3. The highest BCUT2D eigenvalue weighted by molar-refractivity contribution is 6.32. The molecule has 0 bridgehead atoms. The fourth-order valence-corrected chi connectivity index (χ4v) is 5.38. The van der Waals surface area contributed by atoms with Gasteiger partial charge >= 0.3 is 0 Å². The van der Waals surface area contributed by atoms with Gasteiger partial charge in [0.15, 0.2) is 0 Å². The maximum absolute atomic E-state index is 13.0. The van der Waals surface area contributed by atoms with Crippen LogP contribution in [0.2, 0.25) is 5.02 Å². The van der Waals surface area contributed by atoms with Crippen LogP contribution in [0, 0.1) is 29.1 Å². The second kappa shape index (κ2) is 7.65. The monoisotopic (exact) mass is 433 g/mol. The first-order chi connectivity index (χ1) is 15.0. The molecule has 2 aliphatic rings. The second-order valence-electron chi connectivity index (χ2n) is 8.85. The van der Waals surface area contributed by atoms with E-state index in [1.807, 2.05) is 31.6 Å². The SMILES string of the molecule is CC[C@@H]1[C@H](C(=O)Nc2cc3cc([C@H]4C[C@@H](C#N)C4)c(Cl)cc3cn2)[C@H]1c1cnn(C)c1. The van der Waals surface area contributed by atoms with E-state index in [0.29, 0.717) is 17.7 Å². The average Bonchev–Trinajstić information content (AvgIpc) is 3.31. The van der Waals surface area contributed by atoms with Gasteiger partial charge in [-0.1, -0.05) is 24.9 Å². The number of fused-ring (bicyclic) bond motifs is 1. The summed E-state index contributed by atoms with van der Waals surface area (Å²) in [4.78, 5) is 17.4. The predicted octanol–water partition coefficient (Wildman–Crippen LogP) is 5.02. The minimum absolute atomic E-state index is 0.0117. The Labute approximate surface area is 186 Å². The molecule has 2 aromatic heterocycles. The molecule has 0 radical (unpaired) electrons. The number of hydrogen-bond donors (Lipinski definition) is 1. The third kappa shape index (κ3) is 3.57. The minimum Gasteiger partial charge on any atom is -0.310 e. The Bertz CT molecular complexity index is 1210. The van der Waals surface area contributed by atoms with Gasteiger partial charge in [-0.15, -0.1) is 0 Å². The molecule has 1 amide bonds. The normalized spacial score (nSPS) is 26.8. The van der Waals surface area contributed by atoms with Gasteiger partial charge in [-0.25, -0.2) is 4.98 Å². The molecule has 0 aliphatic heterocycles. The molecule has 1 N–H and O–H groups in total. The van der Waals surface area contributed by atoms with Crippen LogP contribution in [0.3, 0.4) is 0 Å². The van der Waals surface area contributed by atoms with Crippen molar-refractivity contribution in [3.05, 3.63) is 52.9 Å². The van der Waals surface area contributed by atoms with Gasteiger partial charge in [0.05, 0.1) is 12.3 Å². The molecule has 0 unspecified atom stereocenters. The number of benzene rings is 1. The molecule has 2 aliphatic carbocycles. The van der Waals surface area contributed by atoms with Gasteiger partial charge in [-0.05, 0) is 59.4 Å². The van der Waals surface area contributed by atoms with Crippen LogP contribution in [-0.2, 0) is 11.8 Å². The summed E-state index contributed by atoms with van der Waals surface area (Å²) >= 11 is 6.50. The van der Waals surface area contributed by atoms with Crippen LogP contribution in [-0.4, -0.2) is 20.7 Å². The van der Waals surface area contributed by atoms with Gasteiger partial charge in [0.2, 0.25) is 5.91 Å². The van der Waals surface area contributed by atoms with Crippen molar-refractivity contribution in [2.24, 2.45) is 24.8 Å². The summed E-state index contributed by atoms with van der Waals surface area (Å²) in [5.74, 6) is 1.52. The number of amides is 1. The molecule has 3 atom stereocenters. The molecule has 2 saturated carbocycles. The van der Waals surface area contributed by atoms with E-state index in [1.165, 1.54) is 0 Å². The molecular formula is C24H24ClN5O. The molecule has 2 fully saturated rings. The lowest BCUT2D eigenvalue weighted by Gasteiger charge is -2.31. The molecule has 5 rings (SSSR count). The molecule has 1 aromatic carbocycles. The Morgan fingerprint density at radius 1 is 1.29 bits per heavy atom. The van der Waals surface area contributed by atoms with Crippen molar-refractivity contribution in [3.8, 4) is 6.07 Å². The number of aryl methyl sites for hydroxylation is 1. The lowest BCUT2D eigenvalue weighted by Crippen LogP contribution is -2.20. The van der Waals surface area contributed by atoms with Crippen LogP contribution < -0.4 is 5.32 Å². The quantitative estimate of drug-likeness (QED) is 0.612. The van der Waals surface area contributed by atoms with Crippen molar-refractivity contribution in [3.63, 3.8) is 0 Å². The number of nitriles is 1. The van der Waals surface area contributed by atoms with Gasteiger partial charge in [-0.3, -0.25) is 9.48 Å². The van der Waals surface area contributed by atoms with E-state index in [4.69, 9.17) is 16.9 Å². The standard InChI is InChI=1S/C24H24ClN5O/c1-3-18-22(17-11-28-30(2)12-17)23(18)24(31)29-21-8-14-6-19(15-4-13(5-15)9-26)20(25)7-16(14)10-27-21/h6-8,10-13,15,18,22-23H,3-5H2,1-2H3,(H,27,29,31)/t13-,15+,18-,22-,23-/m0/s1. The number of anilines is 1. The fourth-order valence-electron chi connectivity index (χ4n) is 5.06. The zero-order chi connectivity index (χ0) is 21.7. The van der Waals surface area contributed by atoms with Crippen LogP contribution in [0.1, 0.15) is 49.1 Å². The maximum atomic E-state index is 13.0. The average molecular weight is 434 g/mol. The van der Waals surface area contributed by atoms with Gasteiger partial charge < -0.3 is 5.32 Å². The summed E-state index contributed by atoms with van der Waals surface area (Å²) in [6.45, 7) is 2.12. The van der Waals surface area contributed by atoms with E-state index in [0.717, 1.165) is 46.2 Å². The number of nitrogens with zero attached hydrogens (tertiary/aromatic N) is 4. The highest BCUT2D eigenvalue weighted by Gasteiger charge is 2.54. The van der Waals surface area contributed by atoms with Crippen molar-refractivity contribution in [1.29, 1.82) is 5.26 Å². The third-order valence-corrected chi connectivity index (χ3v) is 7.23. The van der Waals surface area contributed by atoms with Crippen molar-refractivity contribution < 1.29 is 4.79 Å². The van der Waals surface area contributed by atoms with Crippen LogP contribution in [0.15, 0.2) is 36.8 Å². The van der Waals surface area contributed by atoms with Crippen molar-refractivity contribution in [1.82, 2.24) is 14.8 Å². The number of halogens is 1. The van der Waals surface area contributed by atoms with Crippen molar-refractivity contribution in [2.45, 2.75) is 38.0 Å². The zero-order valence-electron chi connectivity index (χ0n) is 17.5. The fraction of sp³-hybridized carbons (Fsp3) is 0.417. The smallest absolute Gasteiger partial charge is 0.229 e. The number of aromatic nitrogens is 3. The maximum Gasteiger partial charge on any atom is 0.229 e. The largest absolute Gasteiger partial charge is 0.310 e. The van der Waals surface area contributed by atoms with Crippen molar-refractivity contribution in [2.75, 3.05) is 5.32 Å². The van der Waals surface area contributed by atoms with E-state index < -0.39 is 0 Å². The van der Waals surface area contributed by atoms with E-state index >= 15 is 0 Å². The number of rotatable bonds is 5. The highest BCUT2D eigenvalue weighted by Crippen LogP contribution is 2.56. The number of hydrogen-bond acceptors (Lipinski definition) is 4. The number of carbonyl (C=O) groups is 1. The number of pyridine rings is 1. The van der Waals surface area contributed by atoms with Crippen LogP contribution in [0.25, 0.3) is 10.8 Å². The Morgan fingerprint density at radius 2 is 2.10 bits per heavy atom. The molecule has 3 aromatic rings. The predicted molar refractivity (Wildman–Crippen MR) is 120 cm³/mol. The topological polar surface area (TPSA) is 83.6 Å². The lowest BCUT2D eigenvalue weighted by atomic mass is 9.72. The molecule has 0 saturated heterocycles. The van der Waals surface area contributed by atoms with Crippen LogP contribution in [0.5, 0.6) is 0 Å². The summed E-state index contributed by atoms with van der Waals surface area (Å²) in [5, 5.41) is 19.0. The summed E-state index contributed by atoms with van der Waals surface area (Å²) in [5.41, 5.74) is 2.20. The third-order valence-electron chi connectivity index (χ3n) is 6.90. The number of nitrogens with one attached hydrogen (secondary N) is 1. The summed E-state index contributed by atoms with van der Waals surface area (Å²) in [6.07, 6.45) is 8.27. The molecule has 158 valence electrons. The summed E-state index contributed by atoms with van der Waals surface area (Å²) in [6, 6.07) is 8.25. The molecule has 0 spiro atoms. The molecular weight excluding hydrogens is 410 g/mol. The van der Waals surface area contributed by atoms with E-state index in [9.17, 15) is 4.79 Å². The molecule has 6 nitrogen and oxygen atoms in total. The van der Waals surface area contributed by atoms with Gasteiger partial charge in [-0.2, -0.15) is 10.4 Å². The van der Waals surface area contributed by atoms with E-state index in [1.54, 1.807) is 10.9 Å². The minimum atomic E-state index is -0.0506. The van der Waals surface area contributed by atoms with Crippen molar-refractivity contribution >= 4 is 34.1 Å². The first-order valence-electron chi connectivity index (χ1n) is 10.8. The van der Waals surface area contributed by atoms with Gasteiger partial charge in [0.1, 0.15) is 5.82 Å². The van der Waals surface area contributed by atoms with Gasteiger partial charge in [0, 0.05) is 47.6 Å². The van der Waals surface area contributed by atoms with E-state index in [2.05, 4.69) is 34.5 Å². The summed E-state index contributed by atoms with van der Waals surface area (Å²) in [7, 11) is 1.89. The van der Waals surface area contributed by atoms with Crippen LogP contribution in [0.4, 0.5) is 5.82 Å². The Hall–Kier alpha value is -2.91. The first-order valence-corrected chi connectivity index (χ1v) is 11.1. The van der Waals surface area contributed by atoms with Crippen LogP contribution >= 0.6 is 11.6 Å². The Kier molecular flexibility index (Phi) is 4.94. The van der Waals surface area contributed by atoms with Gasteiger partial charge in [0.25, 0.3) is 0 Å². The first kappa shape index (κ1) is 20.0. The summed E-state index contributed by atoms with van der Waals surface area (Å²) < 4.78 is 1.78. The second-order valence-corrected chi connectivity index (χ2v) is 9.25. The van der Waals surface area contributed by atoms with E-state index in [-0.39, 0.29) is 23.7 Å². The molecule has 7 heteroatoms. The lowest BCUT2D eigenvalue weighted by molar-refractivity contribution is -0.117. The molecule has 2 heterocycles.